The number of nitrogens with zero attached hydrogens (tertiary/aromatic N) is 2. The van der Waals surface area contributed by atoms with E-state index < -0.39 is 5.60 Å². The maximum atomic E-state index is 13.0. The Morgan fingerprint density at radius 2 is 1.91 bits per heavy atom. The first-order valence-corrected chi connectivity index (χ1v) is 11.4. The van der Waals surface area contributed by atoms with E-state index in [0.29, 0.717) is 28.9 Å². The summed E-state index contributed by atoms with van der Waals surface area (Å²) in [4.78, 5) is 32.4. The molecular formula is C26H35N3O3. The average molecular weight is 438 g/mol. The van der Waals surface area contributed by atoms with Crippen molar-refractivity contribution in [3.8, 4) is 0 Å². The van der Waals surface area contributed by atoms with E-state index in [0.717, 1.165) is 36.3 Å². The molecule has 0 spiro atoms. The summed E-state index contributed by atoms with van der Waals surface area (Å²) in [5.74, 6) is 0.598. The lowest BCUT2D eigenvalue weighted by molar-refractivity contribution is 0.00687. The van der Waals surface area contributed by atoms with E-state index >= 15 is 0 Å². The Morgan fingerprint density at radius 3 is 2.47 bits per heavy atom. The average Bonchev–Trinajstić information content (AvgIpc) is 3.11. The van der Waals surface area contributed by atoms with Gasteiger partial charge in [0.25, 0.3) is 5.91 Å². The number of nitrogens with one attached hydrogen (secondary N) is 1. The number of pyridine rings is 1. The number of ether oxygens (including phenoxy) is 1. The number of rotatable bonds is 5. The van der Waals surface area contributed by atoms with Crippen LogP contribution in [0.1, 0.15) is 92.3 Å². The number of carbonyl (C=O) groups is 2. The highest BCUT2D eigenvalue weighted by atomic mass is 16.6. The Bertz CT molecular complexity index is 1010. The molecule has 0 bridgehead atoms. The maximum absolute atomic E-state index is 13.0. The summed E-state index contributed by atoms with van der Waals surface area (Å²) >= 11 is 0. The number of aryl methyl sites for hydroxylation is 1. The van der Waals surface area contributed by atoms with E-state index in [2.05, 4.69) is 31.0 Å². The third-order valence-electron chi connectivity index (χ3n) is 5.69. The van der Waals surface area contributed by atoms with Gasteiger partial charge in [-0.15, -0.1) is 0 Å². The van der Waals surface area contributed by atoms with E-state index in [9.17, 15) is 9.59 Å². The van der Waals surface area contributed by atoms with Crippen LogP contribution in [0.5, 0.6) is 0 Å². The van der Waals surface area contributed by atoms with Crippen LogP contribution in [0.3, 0.4) is 0 Å². The molecule has 3 rings (SSSR count). The normalized spacial score (nSPS) is 16.4. The lowest BCUT2D eigenvalue weighted by atomic mass is 10.0. The van der Waals surface area contributed by atoms with Gasteiger partial charge < -0.3 is 15.0 Å². The van der Waals surface area contributed by atoms with Crippen LogP contribution in [0.25, 0.3) is 0 Å². The number of hydrogen-bond acceptors (Lipinski definition) is 5. The molecule has 1 atom stereocenters. The summed E-state index contributed by atoms with van der Waals surface area (Å²) in [6, 6.07) is 9.41. The smallest absolute Gasteiger partial charge is 0.338 e. The summed E-state index contributed by atoms with van der Waals surface area (Å²) in [7, 11) is 0. The number of anilines is 2. The van der Waals surface area contributed by atoms with Gasteiger partial charge in [-0.3, -0.25) is 4.79 Å². The molecule has 172 valence electrons. The Kier molecular flexibility index (Phi) is 6.91. The molecule has 1 aromatic heterocycles. The van der Waals surface area contributed by atoms with Crippen molar-refractivity contribution in [2.45, 2.75) is 78.9 Å². The molecule has 0 unspecified atom stereocenters. The summed E-state index contributed by atoms with van der Waals surface area (Å²) in [5, 5.41) is 2.92. The molecule has 32 heavy (non-hydrogen) atoms. The number of amides is 1. The molecule has 1 aliphatic heterocycles. The molecule has 1 fully saturated rings. The van der Waals surface area contributed by atoms with Gasteiger partial charge in [0.05, 0.1) is 5.56 Å². The highest BCUT2D eigenvalue weighted by Crippen LogP contribution is 2.31. The summed E-state index contributed by atoms with van der Waals surface area (Å²) in [6.07, 6.45) is 2.28. The molecule has 0 radical (unpaired) electrons. The fourth-order valence-electron chi connectivity index (χ4n) is 4.01. The predicted molar refractivity (Wildman–Crippen MR) is 129 cm³/mol. The zero-order valence-corrected chi connectivity index (χ0v) is 20.3. The van der Waals surface area contributed by atoms with Gasteiger partial charge in [0.1, 0.15) is 17.1 Å². The van der Waals surface area contributed by atoms with Crippen LogP contribution >= 0.6 is 0 Å². The van der Waals surface area contributed by atoms with Gasteiger partial charge in [-0.1, -0.05) is 19.9 Å². The molecule has 1 N–H and O–H groups in total. The van der Waals surface area contributed by atoms with Crippen LogP contribution in [0.4, 0.5) is 11.5 Å². The van der Waals surface area contributed by atoms with Gasteiger partial charge >= 0.3 is 5.97 Å². The van der Waals surface area contributed by atoms with Crippen LogP contribution in [0, 0.1) is 6.92 Å². The van der Waals surface area contributed by atoms with Crippen molar-refractivity contribution in [1.82, 2.24) is 4.98 Å². The summed E-state index contributed by atoms with van der Waals surface area (Å²) in [6.45, 7) is 14.8. The van der Waals surface area contributed by atoms with Crippen molar-refractivity contribution in [3.63, 3.8) is 0 Å². The second kappa shape index (κ2) is 9.31. The molecule has 0 saturated carbocycles. The largest absolute Gasteiger partial charge is 0.456 e. The molecule has 1 aliphatic rings. The zero-order valence-electron chi connectivity index (χ0n) is 20.3. The second-order valence-electron chi connectivity index (χ2n) is 9.93. The van der Waals surface area contributed by atoms with E-state index in [1.54, 1.807) is 24.3 Å². The zero-order chi connectivity index (χ0) is 23.6. The summed E-state index contributed by atoms with van der Waals surface area (Å²) in [5.41, 5.74) is 2.83. The molecular weight excluding hydrogens is 402 g/mol. The third kappa shape index (κ3) is 5.47. The fourth-order valence-corrected chi connectivity index (χ4v) is 4.01. The van der Waals surface area contributed by atoms with Gasteiger partial charge in [0.2, 0.25) is 0 Å². The number of carbonyl (C=O) groups excluding carboxylic acids is 2. The Morgan fingerprint density at radius 1 is 1.19 bits per heavy atom. The Hall–Kier alpha value is -2.89. The quantitative estimate of drug-likeness (QED) is 0.607. The van der Waals surface area contributed by atoms with Gasteiger partial charge in [-0.05, 0) is 88.8 Å². The number of aromatic nitrogens is 1. The highest BCUT2D eigenvalue weighted by molar-refractivity contribution is 6.03. The molecule has 2 aromatic rings. The molecule has 6 nitrogen and oxygen atoms in total. The third-order valence-corrected chi connectivity index (χ3v) is 5.69. The lowest BCUT2D eigenvalue weighted by Crippen LogP contribution is -2.29. The SMILES string of the molecule is Cc1cc(NC(=O)c2ccc(C(C)C)c(N3CCC[C@@H]3C)n2)ccc1C(=O)OC(C)(C)C. The number of hydrogen-bond donors (Lipinski definition) is 1. The minimum atomic E-state index is -0.561. The monoisotopic (exact) mass is 437 g/mol. The topological polar surface area (TPSA) is 71.5 Å². The Balaban J connectivity index is 1.81. The van der Waals surface area contributed by atoms with Crippen LogP contribution in [0.2, 0.25) is 0 Å². The van der Waals surface area contributed by atoms with Gasteiger partial charge in [0, 0.05) is 18.3 Å². The van der Waals surface area contributed by atoms with E-state index in [1.807, 2.05) is 33.8 Å². The van der Waals surface area contributed by atoms with Crippen molar-refractivity contribution >= 4 is 23.4 Å². The van der Waals surface area contributed by atoms with Gasteiger partial charge in [-0.2, -0.15) is 0 Å². The van der Waals surface area contributed by atoms with Crippen LogP contribution in [0.15, 0.2) is 30.3 Å². The predicted octanol–water partition coefficient (Wildman–Crippen LogP) is 5.71. The number of benzene rings is 1. The molecule has 2 heterocycles. The standard InChI is InChI=1S/C26H35N3O3/c1-16(2)20-12-13-22(28-23(20)29-14-8-9-18(29)4)24(30)27-19-10-11-21(17(3)15-19)25(31)32-26(5,6)7/h10-13,15-16,18H,8-9,14H2,1-7H3,(H,27,30)/t18-/m0/s1. The van der Waals surface area contributed by atoms with Gasteiger partial charge in [-0.25, -0.2) is 9.78 Å². The maximum Gasteiger partial charge on any atom is 0.338 e. The molecule has 1 saturated heterocycles. The van der Waals surface area contributed by atoms with Crippen LogP contribution < -0.4 is 10.2 Å². The van der Waals surface area contributed by atoms with E-state index in [-0.39, 0.29) is 11.9 Å². The van der Waals surface area contributed by atoms with Crippen LogP contribution in [-0.2, 0) is 4.74 Å². The van der Waals surface area contributed by atoms with Crippen molar-refractivity contribution in [2.75, 3.05) is 16.8 Å². The second-order valence-corrected chi connectivity index (χ2v) is 9.93. The minimum Gasteiger partial charge on any atom is -0.456 e. The Labute approximate surface area is 191 Å². The first-order valence-electron chi connectivity index (χ1n) is 11.4. The minimum absolute atomic E-state index is 0.266. The van der Waals surface area contributed by atoms with Gasteiger partial charge in [0.15, 0.2) is 0 Å². The van der Waals surface area contributed by atoms with E-state index in [1.165, 1.54) is 0 Å². The van der Waals surface area contributed by atoms with E-state index in [4.69, 9.17) is 9.72 Å². The molecule has 6 heteroatoms. The van der Waals surface area contributed by atoms with Crippen molar-refractivity contribution in [1.29, 1.82) is 0 Å². The summed E-state index contributed by atoms with van der Waals surface area (Å²) < 4.78 is 5.45. The molecule has 0 aliphatic carbocycles. The van der Waals surface area contributed by atoms with Crippen molar-refractivity contribution in [3.05, 3.63) is 52.7 Å². The highest BCUT2D eigenvalue weighted by Gasteiger charge is 2.26. The molecule has 1 amide bonds. The lowest BCUT2D eigenvalue weighted by Gasteiger charge is -2.26. The van der Waals surface area contributed by atoms with Crippen molar-refractivity contribution < 1.29 is 14.3 Å². The first-order chi connectivity index (χ1) is 15.0. The first kappa shape index (κ1) is 23.8. The van der Waals surface area contributed by atoms with Crippen molar-refractivity contribution in [2.24, 2.45) is 0 Å². The fraction of sp³-hybridized carbons (Fsp3) is 0.500. The van der Waals surface area contributed by atoms with Crippen LogP contribution in [-0.4, -0.2) is 35.0 Å². The molecule has 1 aromatic carbocycles. The number of esters is 1.